The second-order valence-corrected chi connectivity index (χ2v) is 6.06. The van der Waals surface area contributed by atoms with Crippen molar-refractivity contribution in [2.75, 3.05) is 6.54 Å². The van der Waals surface area contributed by atoms with Gasteiger partial charge in [0.05, 0.1) is 5.02 Å². The van der Waals surface area contributed by atoms with Crippen molar-refractivity contribution in [1.82, 2.24) is 5.32 Å². The molecule has 0 fully saturated rings. The highest BCUT2D eigenvalue weighted by Crippen LogP contribution is 2.24. The molecule has 0 aliphatic heterocycles. The monoisotopic (exact) mass is 351 g/mol. The molecule has 0 heterocycles. The lowest BCUT2D eigenvalue weighted by atomic mass is 10.1. The zero-order valence-corrected chi connectivity index (χ0v) is 14.4. The molecule has 0 spiro atoms. The van der Waals surface area contributed by atoms with Gasteiger partial charge in [-0.1, -0.05) is 47.5 Å². The van der Waals surface area contributed by atoms with E-state index in [1.54, 1.807) is 19.1 Å². The molecule has 1 unspecified atom stereocenters. The topological polar surface area (TPSA) is 38.3 Å². The van der Waals surface area contributed by atoms with Gasteiger partial charge in [-0.3, -0.25) is 4.79 Å². The van der Waals surface area contributed by atoms with Crippen LogP contribution in [-0.4, -0.2) is 18.6 Å². The summed E-state index contributed by atoms with van der Waals surface area (Å²) in [5.41, 5.74) is 1.20. The third kappa shape index (κ3) is 5.77. The van der Waals surface area contributed by atoms with Gasteiger partial charge in [-0.15, -0.1) is 0 Å². The zero-order chi connectivity index (χ0) is 16.7. The molecular weight excluding hydrogens is 333 g/mol. The van der Waals surface area contributed by atoms with Crippen LogP contribution in [0, 0.1) is 0 Å². The molecule has 1 amide bonds. The summed E-state index contributed by atoms with van der Waals surface area (Å²) in [6.45, 7) is 2.30. The van der Waals surface area contributed by atoms with Crippen LogP contribution in [0.5, 0.6) is 5.75 Å². The number of nitrogens with one attached hydrogen (secondary N) is 1. The van der Waals surface area contributed by atoms with Crippen molar-refractivity contribution in [3.05, 3.63) is 64.1 Å². The fourth-order valence-electron chi connectivity index (χ4n) is 2.08. The molecule has 0 aliphatic rings. The Morgan fingerprint density at radius 3 is 2.52 bits per heavy atom. The Morgan fingerprint density at radius 2 is 1.83 bits per heavy atom. The van der Waals surface area contributed by atoms with Gasteiger partial charge in [-0.2, -0.15) is 0 Å². The zero-order valence-electron chi connectivity index (χ0n) is 12.9. The fourth-order valence-corrected chi connectivity index (χ4v) is 2.39. The Kier molecular flexibility index (Phi) is 6.75. The lowest BCUT2D eigenvalue weighted by Crippen LogP contribution is -2.37. The molecule has 122 valence electrons. The first kappa shape index (κ1) is 17.6. The highest BCUT2D eigenvalue weighted by atomic mass is 35.5. The fraction of sp³-hybridized carbons (Fsp3) is 0.278. The van der Waals surface area contributed by atoms with Gasteiger partial charge < -0.3 is 10.1 Å². The number of aryl methyl sites for hydroxylation is 1. The van der Waals surface area contributed by atoms with Crippen molar-refractivity contribution in [2.24, 2.45) is 0 Å². The molecule has 2 rings (SSSR count). The summed E-state index contributed by atoms with van der Waals surface area (Å²) < 4.78 is 5.58. The number of para-hydroxylation sites is 1. The van der Waals surface area contributed by atoms with Crippen LogP contribution in [0.2, 0.25) is 10.0 Å². The Hall–Kier alpha value is -1.71. The summed E-state index contributed by atoms with van der Waals surface area (Å²) in [5.74, 6) is 0.360. The van der Waals surface area contributed by atoms with Gasteiger partial charge in [0.25, 0.3) is 5.91 Å². The number of hydrogen-bond acceptors (Lipinski definition) is 2. The molecule has 0 radical (unpaired) electrons. The van der Waals surface area contributed by atoms with E-state index in [-0.39, 0.29) is 5.91 Å². The highest BCUT2D eigenvalue weighted by Gasteiger charge is 2.15. The maximum atomic E-state index is 12.0. The van der Waals surface area contributed by atoms with E-state index < -0.39 is 6.10 Å². The van der Waals surface area contributed by atoms with E-state index in [0.717, 1.165) is 17.9 Å². The molecule has 5 heteroatoms. The number of carbonyl (C=O) groups excluding carboxylic acids is 1. The van der Waals surface area contributed by atoms with Crippen LogP contribution in [0.25, 0.3) is 0 Å². The van der Waals surface area contributed by atoms with E-state index in [9.17, 15) is 4.79 Å². The molecule has 0 aromatic heterocycles. The van der Waals surface area contributed by atoms with Crippen molar-refractivity contribution < 1.29 is 9.53 Å². The third-order valence-corrected chi connectivity index (χ3v) is 3.93. The number of rotatable bonds is 7. The van der Waals surface area contributed by atoms with Crippen LogP contribution >= 0.6 is 23.2 Å². The van der Waals surface area contributed by atoms with Crippen molar-refractivity contribution in [1.29, 1.82) is 0 Å². The van der Waals surface area contributed by atoms with Crippen LogP contribution in [0.4, 0.5) is 0 Å². The molecule has 1 N–H and O–H groups in total. The van der Waals surface area contributed by atoms with Crippen LogP contribution in [0.15, 0.2) is 48.5 Å². The SMILES string of the molecule is CC(Oc1ccccc1Cl)C(=O)NCCCc1ccc(Cl)cc1. The minimum Gasteiger partial charge on any atom is -0.479 e. The molecule has 0 bridgehead atoms. The molecule has 3 nitrogen and oxygen atoms in total. The molecular formula is C18H19Cl2NO2. The van der Waals surface area contributed by atoms with Gasteiger partial charge in [0.15, 0.2) is 6.10 Å². The summed E-state index contributed by atoms with van der Waals surface area (Å²) >= 11 is 11.9. The van der Waals surface area contributed by atoms with Crippen molar-refractivity contribution in [3.8, 4) is 5.75 Å². The Morgan fingerprint density at radius 1 is 1.13 bits per heavy atom. The predicted octanol–water partition coefficient (Wildman–Crippen LogP) is 4.51. The maximum Gasteiger partial charge on any atom is 0.260 e. The molecule has 2 aromatic carbocycles. The Labute approximate surface area is 146 Å². The van der Waals surface area contributed by atoms with Gasteiger partial charge in [-0.25, -0.2) is 0 Å². The minimum absolute atomic E-state index is 0.152. The van der Waals surface area contributed by atoms with Crippen LogP contribution in [0.3, 0.4) is 0 Å². The highest BCUT2D eigenvalue weighted by molar-refractivity contribution is 6.32. The number of carbonyl (C=O) groups is 1. The lowest BCUT2D eigenvalue weighted by Gasteiger charge is -2.15. The lowest BCUT2D eigenvalue weighted by molar-refractivity contribution is -0.127. The second kappa shape index (κ2) is 8.80. The summed E-state index contributed by atoms with van der Waals surface area (Å²) in [5, 5.41) is 4.10. The number of hydrogen-bond donors (Lipinski definition) is 1. The van der Waals surface area contributed by atoms with Crippen LogP contribution < -0.4 is 10.1 Å². The third-order valence-electron chi connectivity index (χ3n) is 3.36. The van der Waals surface area contributed by atoms with Gasteiger partial charge in [0.2, 0.25) is 0 Å². The van der Waals surface area contributed by atoms with Gasteiger partial charge in [0, 0.05) is 11.6 Å². The summed E-state index contributed by atoms with van der Waals surface area (Å²) in [7, 11) is 0. The Bertz CT molecular complexity index is 644. The first-order valence-corrected chi connectivity index (χ1v) is 8.25. The van der Waals surface area contributed by atoms with E-state index >= 15 is 0 Å². The van der Waals surface area contributed by atoms with Gasteiger partial charge in [-0.05, 0) is 49.6 Å². The standard InChI is InChI=1S/C18H19Cl2NO2/c1-13(23-17-7-3-2-6-16(17)20)18(22)21-12-4-5-14-8-10-15(19)11-9-14/h2-3,6-11,13H,4-5,12H2,1H3,(H,21,22). The van der Waals surface area contributed by atoms with E-state index in [2.05, 4.69) is 5.32 Å². The summed E-state index contributed by atoms with van der Waals surface area (Å²) in [6.07, 6.45) is 1.15. The van der Waals surface area contributed by atoms with Crippen LogP contribution in [0.1, 0.15) is 18.9 Å². The average molecular weight is 352 g/mol. The van der Waals surface area contributed by atoms with Gasteiger partial charge in [0.1, 0.15) is 5.75 Å². The first-order valence-electron chi connectivity index (χ1n) is 7.49. The first-order chi connectivity index (χ1) is 11.1. The molecule has 0 saturated heterocycles. The number of amides is 1. The van der Waals surface area contributed by atoms with E-state index in [1.165, 1.54) is 5.56 Å². The van der Waals surface area contributed by atoms with Crippen LogP contribution in [-0.2, 0) is 11.2 Å². The molecule has 23 heavy (non-hydrogen) atoms. The summed E-state index contributed by atoms with van der Waals surface area (Å²) in [6, 6.07) is 14.8. The largest absolute Gasteiger partial charge is 0.479 e. The normalized spacial score (nSPS) is 11.8. The van der Waals surface area contributed by atoms with E-state index in [0.29, 0.717) is 17.3 Å². The van der Waals surface area contributed by atoms with Crippen molar-refractivity contribution in [2.45, 2.75) is 25.9 Å². The predicted molar refractivity (Wildman–Crippen MR) is 94.3 cm³/mol. The van der Waals surface area contributed by atoms with Gasteiger partial charge >= 0.3 is 0 Å². The Balaban J connectivity index is 1.72. The van der Waals surface area contributed by atoms with Crippen molar-refractivity contribution >= 4 is 29.1 Å². The van der Waals surface area contributed by atoms with E-state index in [1.807, 2.05) is 36.4 Å². The minimum atomic E-state index is -0.592. The maximum absolute atomic E-state index is 12.0. The molecule has 0 saturated carbocycles. The van der Waals surface area contributed by atoms with Crippen molar-refractivity contribution in [3.63, 3.8) is 0 Å². The molecule has 0 aliphatic carbocycles. The smallest absolute Gasteiger partial charge is 0.260 e. The number of halogens is 2. The summed E-state index contributed by atoms with van der Waals surface area (Å²) in [4.78, 5) is 12.0. The number of benzene rings is 2. The quantitative estimate of drug-likeness (QED) is 0.745. The second-order valence-electron chi connectivity index (χ2n) is 5.21. The average Bonchev–Trinajstić information content (AvgIpc) is 2.55. The van der Waals surface area contributed by atoms with E-state index in [4.69, 9.17) is 27.9 Å². The molecule has 2 aromatic rings. The number of ether oxygens (including phenoxy) is 1. The molecule has 1 atom stereocenters.